The lowest BCUT2D eigenvalue weighted by atomic mass is 10.1. The third-order valence-electron chi connectivity index (χ3n) is 4.85. The quantitative estimate of drug-likeness (QED) is 0.818. The van der Waals surface area contributed by atoms with Crippen LogP contribution in [-0.2, 0) is 11.3 Å². The van der Waals surface area contributed by atoms with Gasteiger partial charge in [0.05, 0.1) is 37.1 Å². The molecule has 0 radical (unpaired) electrons. The summed E-state index contributed by atoms with van der Waals surface area (Å²) >= 11 is 0. The summed E-state index contributed by atoms with van der Waals surface area (Å²) < 4.78 is 5.24. The topological polar surface area (TPSA) is 67.0 Å². The fourth-order valence-corrected chi connectivity index (χ4v) is 3.33. The van der Waals surface area contributed by atoms with Crippen LogP contribution in [0.15, 0.2) is 47.1 Å². The van der Waals surface area contributed by atoms with Crippen LogP contribution in [0, 0.1) is 0 Å². The van der Waals surface area contributed by atoms with Crippen LogP contribution in [0.3, 0.4) is 0 Å². The SMILES string of the molecule is CN(C(=O)C[NH+]1CCCCC1)c1ccccc1C(=O)NCc1ccco1. The number of benzene rings is 1. The predicted molar refractivity (Wildman–Crippen MR) is 99.1 cm³/mol. The summed E-state index contributed by atoms with van der Waals surface area (Å²) in [5.41, 5.74) is 1.12. The van der Waals surface area contributed by atoms with Gasteiger partial charge in [-0.15, -0.1) is 0 Å². The first kappa shape index (κ1) is 18.2. The van der Waals surface area contributed by atoms with Gasteiger partial charge in [-0.2, -0.15) is 0 Å². The van der Waals surface area contributed by atoms with Crippen molar-refractivity contribution in [3.63, 3.8) is 0 Å². The van der Waals surface area contributed by atoms with E-state index in [9.17, 15) is 9.59 Å². The molecule has 1 saturated heterocycles. The highest BCUT2D eigenvalue weighted by atomic mass is 16.3. The van der Waals surface area contributed by atoms with Crippen molar-refractivity contribution in [2.75, 3.05) is 31.6 Å². The predicted octanol–water partition coefficient (Wildman–Crippen LogP) is 1.24. The van der Waals surface area contributed by atoms with Crippen LogP contribution in [0.2, 0.25) is 0 Å². The van der Waals surface area contributed by atoms with Crippen molar-refractivity contribution in [2.45, 2.75) is 25.8 Å². The van der Waals surface area contributed by atoms with Crippen LogP contribution in [-0.4, -0.2) is 38.5 Å². The average molecular weight is 356 g/mol. The van der Waals surface area contributed by atoms with Crippen LogP contribution in [0.25, 0.3) is 0 Å². The molecule has 0 saturated carbocycles. The highest BCUT2D eigenvalue weighted by Gasteiger charge is 2.23. The zero-order chi connectivity index (χ0) is 18.4. The number of rotatable bonds is 6. The molecule has 1 aromatic carbocycles. The lowest BCUT2D eigenvalue weighted by molar-refractivity contribution is -0.896. The van der Waals surface area contributed by atoms with E-state index in [0.717, 1.165) is 13.1 Å². The number of furan rings is 1. The number of carbonyl (C=O) groups excluding carboxylic acids is 2. The number of carbonyl (C=O) groups is 2. The zero-order valence-electron chi connectivity index (χ0n) is 15.2. The first-order valence-electron chi connectivity index (χ1n) is 9.15. The largest absolute Gasteiger partial charge is 0.467 e. The molecule has 2 amide bonds. The van der Waals surface area contributed by atoms with Gasteiger partial charge in [0.2, 0.25) is 0 Å². The van der Waals surface area contributed by atoms with Gasteiger partial charge in [-0.25, -0.2) is 0 Å². The Morgan fingerprint density at radius 3 is 2.62 bits per heavy atom. The molecule has 26 heavy (non-hydrogen) atoms. The molecule has 0 unspecified atom stereocenters. The normalized spacial score (nSPS) is 14.8. The minimum absolute atomic E-state index is 0.0354. The minimum atomic E-state index is -0.220. The van der Waals surface area contributed by atoms with Gasteiger partial charge >= 0.3 is 0 Å². The molecule has 1 aromatic heterocycles. The highest BCUT2D eigenvalue weighted by Crippen LogP contribution is 2.19. The Morgan fingerprint density at radius 1 is 1.12 bits per heavy atom. The maximum Gasteiger partial charge on any atom is 0.281 e. The number of amides is 2. The molecule has 1 aliphatic rings. The van der Waals surface area contributed by atoms with Gasteiger partial charge in [-0.1, -0.05) is 12.1 Å². The van der Waals surface area contributed by atoms with E-state index in [4.69, 9.17) is 4.42 Å². The van der Waals surface area contributed by atoms with Crippen molar-refractivity contribution in [3.8, 4) is 0 Å². The van der Waals surface area contributed by atoms with Gasteiger partial charge in [0.1, 0.15) is 5.76 Å². The average Bonchev–Trinajstić information content (AvgIpc) is 3.20. The Morgan fingerprint density at radius 2 is 1.88 bits per heavy atom. The summed E-state index contributed by atoms with van der Waals surface area (Å²) in [6, 6.07) is 10.8. The van der Waals surface area contributed by atoms with Crippen molar-refractivity contribution in [3.05, 3.63) is 54.0 Å². The van der Waals surface area contributed by atoms with E-state index < -0.39 is 0 Å². The number of quaternary nitrogens is 1. The molecular weight excluding hydrogens is 330 g/mol. The van der Waals surface area contributed by atoms with Gasteiger partial charge in [0.15, 0.2) is 6.54 Å². The molecule has 1 fully saturated rings. The molecule has 2 heterocycles. The number of hydrogen-bond acceptors (Lipinski definition) is 3. The van der Waals surface area contributed by atoms with Crippen molar-refractivity contribution in [1.29, 1.82) is 0 Å². The highest BCUT2D eigenvalue weighted by molar-refractivity contribution is 6.04. The molecule has 6 nitrogen and oxygen atoms in total. The van der Waals surface area contributed by atoms with Gasteiger partial charge < -0.3 is 19.5 Å². The number of anilines is 1. The Hall–Kier alpha value is -2.60. The van der Waals surface area contributed by atoms with E-state index >= 15 is 0 Å². The number of hydrogen-bond donors (Lipinski definition) is 2. The van der Waals surface area contributed by atoms with Crippen LogP contribution >= 0.6 is 0 Å². The monoisotopic (exact) mass is 356 g/mol. The fourth-order valence-electron chi connectivity index (χ4n) is 3.33. The van der Waals surface area contributed by atoms with E-state index in [0.29, 0.717) is 30.1 Å². The number of likely N-dealkylation sites (tertiary alicyclic amines) is 1. The summed E-state index contributed by atoms with van der Waals surface area (Å²) in [7, 11) is 1.74. The molecule has 2 aromatic rings. The third-order valence-corrected chi connectivity index (χ3v) is 4.85. The second-order valence-corrected chi connectivity index (χ2v) is 6.72. The van der Waals surface area contributed by atoms with E-state index in [2.05, 4.69) is 5.32 Å². The molecule has 0 spiro atoms. The molecular formula is C20H26N3O3+. The smallest absolute Gasteiger partial charge is 0.281 e. The Bertz CT molecular complexity index is 737. The summed E-state index contributed by atoms with van der Waals surface area (Å²) in [6.07, 6.45) is 5.19. The summed E-state index contributed by atoms with van der Waals surface area (Å²) in [6.45, 7) is 2.88. The van der Waals surface area contributed by atoms with Gasteiger partial charge in [0, 0.05) is 7.05 Å². The number of piperidine rings is 1. The van der Waals surface area contributed by atoms with Crippen molar-refractivity contribution < 1.29 is 18.9 Å². The first-order chi connectivity index (χ1) is 12.6. The first-order valence-corrected chi connectivity index (χ1v) is 9.15. The Kier molecular flexibility index (Phi) is 6.07. The maximum absolute atomic E-state index is 12.7. The maximum atomic E-state index is 12.7. The lowest BCUT2D eigenvalue weighted by Crippen LogP contribution is -3.13. The van der Waals surface area contributed by atoms with E-state index in [1.54, 1.807) is 36.4 Å². The summed E-state index contributed by atoms with van der Waals surface area (Å²) in [5.74, 6) is 0.504. The van der Waals surface area contributed by atoms with Gasteiger partial charge in [-0.3, -0.25) is 9.59 Å². The second kappa shape index (κ2) is 8.67. The number of nitrogens with zero attached hydrogens (tertiary/aromatic N) is 1. The second-order valence-electron chi connectivity index (χ2n) is 6.72. The van der Waals surface area contributed by atoms with Crippen molar-refractivity contribution >= 4 is 17.5 Å². The summed E-state index contributed by atoms with van der Waals surface area (Å²) in [5, 5.41) is 2.84. The fraction of sp³-hybridized carbons (Fsp3) is 0.400. The van der Waals surface area contributed by atoms with Crippen LogP contribution in [0.4, 0.5) is 5.69 Å². The molecule has 1 aliphatic heterocycles. The zero-order valence-corrected chi connectivity index (χ0v) is 15.2. The molecule has 0 atom stereocenters. The Labute approximate surface area is 153 Å². The number of nitrogens with one attached hydrogen (secondary N) is 2. The molecule has 0 bridgehead atoms. The minimum Gasteiger partial charge on any atom is -0.467 e. The van der Waals surface area contributed by atoms with E-state index in [-0.39, 0.29) is 11.8 Å². The third kappa shape index (κ3) is 4.52. The molecule has 6 heteroatoms. The summed E-state index contributed by atoms with van der Waals surface area (Å²) in [4.78, 5) is 28.2. The van der Waals surface area contributed by atoms with Crippen molar-refractivity contribution in [1.82, 2.24) is 5.32 Å². The molecule has 0 aliphatic carbocycles. The van der Waals surface area contributed by atoms with Gasteiger partial charge in [0.25, 0.3) is 11.8 Å². The number of likely N-dealkylation sites (N-methyl/N-ethyl adjacent to an activating group) is 1. The van der Waals surface area contributed by atoms with Crippen LogP contribution in [0.5, 0.6) is 0 Å². The standard InChI is InChI=1S/C20H25N3O3/c1-22(19(24)15-23-11-5-2-6-12-23)18-10-4-3-9-17(18)20(25)21-14-16-8-7-13-26-16/h3-4,7-10,13H,2,5-6,11-12,14-15H2,1H3,(H,21,25)/p+1. The van der Waals surface area contributed by atoms with E-state index in [1.807, 2.05) is 18.2 Å². The van der Waals surface area contributed by atoms with Crippen LogP contribution in [0.1, 0.15) is 35.4 Å². The van der Waals surface area contributed by atoms with Gasteiger partial charge in [-0.05, 0) is 43.5 Å². The van der Waals surface area contributed by atoms with Crippen molar-refractivity contribution in [2.24, 2.45) is 0 Å². The van der Waals surface area contributed by atoms with E-state index in [1.165, 1.54) is 24.2 Å². The van der Waals surface area contributed by atoms with Crippen LogP contribution < -0.4 is 15.1 Å². The number of para-hydroxylation sites is 1. The molecule has 2 N–H and O–H groups in total. The lowest BCUT2D eigenvalue weighted by Gasteiger charge is -2.26. The molecule has 138 valence electrons. The Balaban J connectivity index is 1.66. The molecule has 3 rings (SSSR count).